The highest BCUT2D eigenvalue weighted by Crippen LogP contribution is 2.29. The normalized spacial score (nSPS) is 27.2. The molecule has 20 heavy (non-hydrogen) atoms. The highest BCUT2D eigenvalue weighted by Gasteiger charge is 2.33. The SMILES string of the molecule is CC(N)C(c1cccc(Cl)c1)N1CC(CO)OCC1C. The standard InChI is InChI=1S/C15H23ClN2O2/c1-10-9-20-14(8-19)7-18(10)15(11(2)17)12-4-3-5-13(16)6-12/h3-6,10-11,14-15,19H,7-9,17H2,1-2H3. The molecule has 1 aliphatic rings. The molecule has 4 atom stereocenters. The maximum absolute atomic E-state index is 9.33. The molecule has 0 aliphatic carbocycles. The van der Waals surface area contributed by atoms with Crippen molar-refractivity contribution in [3.05, 3.63) is 34.9 Å². The van der Waals surface area contributed by atoms with E-state index in [1.165, 1.54) is 0 Å². The fourth-order valence-corrected chi connectivity index (χ4v) is 3.02. The molecule has 1 aromatic rings. The molecule has 0 aromatic heterocycles. The van der Waals surface area contributed by atoms with Crippen LogP contribution >= 0.6 is 11.6 Å². The van der Waals surface area contributed by atoms with E-state index in [1.807, 2.05) is 25.1 Å². The summed E-state index contributed by atoms with van der Waals surface area (Å²) in [5, 5.41) is 10.0. The molecule has 0 spiro atoms. The van der Waals surface area contributed by atoms with Gasteiger partial charge in [0.15, 0.2) is 0 Å². The Morgan fingerprint density at radius 2 is 2.30 bits per heavy atom. The predicted octanol–water partition coefficient (Wildman–Crippen LogP) is 1.81. The van der Waals surface area contributed by atoms with Gasteiger partial charge in [0.05, 0.1) is 25.4 Å². The molecule has 0 radical (unpaired) electrons. The van der Waals surface area contributed by atoms with Gasteiger partial charge in [-0.05, 0) is 31.5 Å². The van der Waals surface area contributed by atoms with Crippen molar-refractivity contribution in [2.75, 3.05) is 19.8 Å². The molecule has 5 heteroatoms. The molecule has 112 valence electrons. The van der Waals surface area contributed by atoms with E-state index in [1.54, 1.807) is 0 Å². The summed E-state index contributed by atoms with van der Waals surface area (Å²) in [6.45, 7) is 5.44. The van der Waals surface area contributed by atoms with Crippen molar-refractivity contribution in [3.63, 3.8) is 0 Å². The van der Waals surface area contributed by atoms with E-state index < -0.39 is 0 Å². The first-order valence-electron chi connectivity index (χ1n) is 7.02. The lowest BCUT2D eigenvalue weighted by Gasteiger charge is -2.44. The molecule has 1 saturated heterocycles. The van der Waals surface area contributed by atoms with Crippen molar-refractivity contribution in [2.24, 2.45) is 5.73 Å². The maximum atomic E-state index is 9.33. The molecule has 4 unspecified atom stereocenters. The van der Waals surface area contributed by atoms with Crippen molar-refractivity contribution in [3.8, 4) is 0 Å². The summed E-state index contributed by atoms with van der Waals surface area (Å²) in [5.74, 6) is 0. The minimum Gasteiger partial charge on any atom is -0.394 e. The third-order valence-electron chi connectivity index (χ3n) is 3.80. The lowest BCUT2D eigenvalue weighted by Crippen LogP contribution is -2.54. The number of benzene rings is 1. The summed E-state index contributed by atoms with van der Waals surface area (Å²) >= 11 is 6.10. The number of aliphatic hydroxyl groups is 1. The topological polar surface area (TPSA) is 58.7 Å². The van der Waals surface area contributed by atoms with E-state index >= 15 is 0 Å². The molecule has 0 saturated carbocycles. The van der Waals surface area contributed by atoms with Crippen molar-refractivity contribution < 1.29 is 9.84 Å². The molecule has 1 aromatic carbocycles. The molecular formula is C15H23ClN2O2. The van der Waals surface area contributed by atoms with E-state index in [2.05, 4.69) is 17.9 Å². The number of aliphatic hydroxyl groups excluding tert-OH is 1. The molecule has 2 rings (SSSR count). The first-order chi connectivity index (χ1) is 9.52. The number of hydrogen-bond acceptors (Lipinski definition) is 4. The average molecular weight is 299 g/mol. The quantitative estimate of drug-likeness (QED) is 0.890. The predicted molar refractivity (Wildman–Crippen MR) is 80.8 cm³/mol. The molecule has 0 amide bonds. The summed E-state index contributed by atoms with van der Waals surface area (Å²) in [6, 6.07) is 8.12. The van der Waals surface area contributed by atoms with Gasteiger partial charge in [0.2, 0.25) is 0 Å². The number of ether oxygens (including phenoxy) is 1. The monoisotopic (exact) mass is 298 g/mol. The summed E-state index contributed by atoms with van der Waals surface area (Å²) in [7, 11) is 0. The van der Waals surface area contributed by atoms with Gasteiger partial charge in [-0.1, -0.05) is 23.7 Å². The summed E-state index contributed by atoms with van der Waals surface area (Å²) < 4.78 is 5.60. The first kappa shape index (κ1) is 15.7. The fourth-order valence-electron chi connectivity index (χ4n) is 2.82. The lowest BCUT2D eigenvalue weighted by molar-refractivity contribution is -0.0941. The minimum absolute atomic E-state index is 0.0322. The summed E-state index contributed by atoms with van der Waals surface area (Å²) in [4.78, 5) is 2.31. The Balaban J connectivity index is 2.27. The third kappa shape index (κ3) is 3.51. The van der Waals surface area contributed by atoms with Crippen LogP contribution in [-0.4, -0.2) is 48.0 Å². The second-order valence-electron chi connectivity index (χ2n) is 5.54. The first-order valence-corrected chi connectivity index (χ1v) is 7.40. The van der Waals surface area contributed by atoms with Crippen LogP contribution in [0.25, 0.3) is 0 Å². The van der Waals surface area contributed by atoms with Gasteiger partial charge in [-0.2, -0.15) is 0 Å². The maximum Gasteiger partial charge on any atom is 0.0933 e. The molecule has 4 nitrogen and oxygen atoms in total. The third-order valence-corrected chi connectivity index (χ3v) is 4.04. The van der Waals surface area contributed by atoms with Gasteiger partial charge in [0, 0.05) is 23.7 Å². The van der Waals surface area contributed by atoms with Crippen LogP contribution in [0.5, 0.6) is 0 Å². The average Bonchev–Trinajstić information content (AvgIpc) is 2.41. The van der Waals surface area contributed by atoms with Gasteiger partial charge in [0.25, 0.3) is 0 Å². The number of halogens is 1. The van der Waals surface area contributed by atoms with Gasteiger partial charge in [-0.15, -0.1) is 0 Å². The summed E-state index contributed by atoms with van der Waals surface area (Å²) in [5.41, 5.74) is 7.32. The van der Waals surface area contributed by atoms with Crippen molar-refractivity contribution in [1.29, 1.82) is 0 Å². The number of nitrogens with two attached hydrogens (primary N) is 1. The van der Waals surface area contributed by atoms with E-state index in [-0.39, 0.29) is 30.8 Å². The number of nitrogens with zero attached hydrogens (tertiary/aromatic N) is 1. The van der Waals surface area contributed by atoms with Crippen molar-refractivity contribution in [1.82, 2.24) is 4.90 Å². The highest BCUT2D eigenvalue weighted by molar-refractivity contribution is 6.30. The second-order valence-corrected chi connectivity index (χ2v) is 5.98. The smallest absolute Gasteiger partial charge is 0.0933 e. The molecule has 1 aliphatic heterocycles. The van der Waals surface area contributed by atoms with Gasteiger partial charge >= 0.3 is 0 Å². The zero-order chi connectivity index (χ0) is 14.7. The zero-order valence-corrected chi connectivity index (χ0v) is 12.8. The van der Waals surface area contributed by atoms with Crippen LogP contribution in [-0.2, 0) is 4.74 Å². The van der Waals surface area contributed by atoms with Crippen LogP contribution in [0.3, 0.4) is 0 Å². The van der Waals surface area contributed by atoms with E-state index in [4.69, 9.17) is 22.1 Å². The van der Waals surface area contributed by atoms with Crippen LogP contribution in [0.1, 0.15) is 25.5 Å². The van der Waals surface area contributed by atoms with Gasteiger partial charge in [-0.3, -0.25) is 4.90 Å². The fraction of sp³-hybridized carbons (Fsp3) is 0.600. The Morgan fingerprint density at radius 1 is 1.55 bits per heavy atom. The van der Waals surface area contributed by atoms with Crippen LogP contribution in [0.2, 0.25) is 5.02 Å². The minimum atomic E-state index is -0.147. The molecular weight excluding hydrogens is 276 g/mol. The van der Waals surface area contributed by atoms with Crippen molar-refractivity contribution in [2.45, 2.75) is 38.1 Å². The number of rotatable bonds is 4. The Bertz CT molecular complexity index is 442. The number of hydrogen-bond donors (Lipinski definition) is 2. The summed E-state index contributed by atoms with van der Waals surface area (Å²) in [6.07, 6.45) is -0.147. The molecule has 1 heterocycles. The van der Waals surface area contributed by atoms with Crippen LogP contribution in [0.4, 0.5) is 0 Å². The van der Waals surface area contributed by atoms with Crippen molar-refractivity contribution >= 4 is 11.6 Å². The second kappa shape index (κ2) is 6.87. The Labute approximate surface area is 125 Å². The zero-order valence-electron chi connectivity index (χ0n) is 12.0. The van der Waals surface area contributed by atoms with Gasteiger partial charge in [-0.25, -0.2) is 0 Å². The largest absolute Gasteiger partial charge is 0.394 e. The van der Waals surface area contributed by atoms with Crippen LogP contribution < -0.4 is 5.73 Å². The van der Waals surface area contributed by atoms with Gasteiger partial charge in [0.1, 0.15) is 0 Å². The Kier molecular flexibility index (Phi) is 5.41. The van der Waals surface area contributed by atoms with E-state index in [9.17, 15) is 5.11 Å². The van der Waals surface area contributed by atoms with Crippen LogP contribution in [0, 0.1) is 0 Å². The molecule has 1 fully saturated rings. The van der Waals surface area contributed by atoms with Crippen LogP contribution in [0.15, 0.2) is 24.3 Å². The Morgan fingerprint density at radius 3 is 2.90 bits per heavy atom. The highest BCUT2D eigenvalue weighted by atomic mass is 35.5. The van der Waals surface area contributed by atoms with E-state index in [0.717, 1.165) is 5.56 Å². The van der Waals surface area contributed by atoms with Gasteiger partial charge < -0.3 is 15.6 Å². The molecule has 3 N–H and O–H groups in total. The Hall–Kier alpha value is -0.650. The molecule has 0 bridgehead atoms. The van der Waals surface area contributed by atoms with E-state index in [0.29, 0.717) is 18.2 Å². The lowest BCUT2D eigenvalue weighted by atomic mass is 9.96. The number of morpholine rings is 1.